The summed E-state index contributed by atoms with van der Waals surface area (Å²) in [5, 5.41) is 13.8. The molecule has 0 saturated carbocycles. The van der Waals surface area contributed by atoms with Crippen LogP contribution in [0.25, 0.3) is 17.0 Å². The van der Waals surface area contributed by atoms with Crippen LogP contribution in [0.2, 0.25) is 5.02 Å². The predicted octanol–water partition coefficient (Wildman–Crippen LogP) is 4.31. The van der Waals surface area contributed by atoms with E-state index >= 15 is 0 Å². The van der Waals surface area contributed by atoms with E-state index in [1.54, 1.807) is 18.2 Å². The third-order valence-corrected chi connectivity index (χ3v) is 5.43. The van der Waals surface area contributed by atoms with Crippen LogP contribution in [0.4, 0.5) is 11.4 Å². The van der Waals surface area contributed by atoms with Gasteiger partial charge in [0.1, 0.15) is 5.02 Å². The van der Waals surface area contributed by atoms with Crippen molar-refractivity contribution in [1.82, 2.24) is 19.8 Å². The number of aromatic nitrogens is 4. The summed E-state index contributed by atoms with van der Waals surface area (Å²) in [6, 6.07) is 5.01. The Morgan fingerprint density at radius 2 is 1.82 bits per heavy atom. The van der Waals surface area contributed by atoms with Gasteiger partial charge in [0, 0.05) is 29.5 Å². The Kier molecular flexibility index (Phi) is 7.61. The van der Waals surface area contributed by atoms with Crippen molar-refractivity contribution in [3.05, 3.63) is 28.9 Å². The zero-order valence-electron chi connectivity index (χ0n) is 19.9. The number of amides is 2. The second-order valence-corrected chi connectivity index (χ2v) is 9.28. The Morgan fingerprint density at radius 3 is 2.44 bits per heavy atom. The third kappa shape index (κ3) is 5.74. The second kappa shape index (κ2) is 10.3. The van der Waals surface area contributed by atoms with Crippen molar-refractivity contribution in [2.45, 2.75) is 58.8 Å². The Morgan fingerprint density at radius 1 is 1.12 bits per heavy atom. The Balaban J connectivity index is 1.96. The molecule has 0 radical (unpaired) electrons. The third-order valence-electron chi connectivity index (χ3n) is 5.07. The molecule has 0 aliphatic rings. The first-order valence-electron chi connectivity index (χ1n) is 11.0. The molecule has 1 aromatic carbocycles. The molecule has 0 saturated heterocycles. The molecular formula is C23H29ClN6O4. The zero-order valence-corrected chi connectivity index (χ0v) is 20.7. The van der Waals surface area contributed by atoms with Crippen LogP contribution in [-0.4, -0.2) is 44.7 Å². The quantitative estimate of drug-likeness (QED) is 0.405. The van der Waals surface area contributed by atoms with Gasteiger partial charge in [-0.15, -0.1) is 5.10 Å². The van der Waals surface area contributed by atoms with Gasteiger partial charge in [-0.05, 0) is 24.6 Å². The fourth-order valence-electron chi connectivity index (χ4n) is 3.31. The number of nitrogens with zero attached hydrogens (tertiary/aromatic N) is 3. The molecule has 0 bridgehead atoms. The molecule has 0 atom stereocenters. The standard InChI is InChI=1S/C23H29ClN6O4/c1-6-7-16(31)26-15-9-8-13(25-17(32)10-11-18(33)34-5)12-14(15)21-27-22-19(24)20(23(2,3)4)28-30(22)29-21/h8-9,12,28H,6-7,10-11H2,1-5H3,(H,25,32)(H,26,31). The van der Waals surface area contributed by atoms with Gasteiger partial charge in [0.05, 0.1) is 24.9 Å². The van der Waals surface area contributed by atoms with E-state index < -0.39 is 5.97 Å². The number of rotatable bonds is 8. The van der Waals surface area contributed by atoms with Gasteiger partial charge in [-0.3, -0.25) is 19.5 Å². The molecule has 11 heteroatoms. The first-order chi connectivity index (χ1) is 16.0. The van der Waals surface area contributed by atoms with E-state index in [1.165, 1.54) is 11.7 Å². The lowest BCUT2D eigenvalue weighted by Crippen LogP contribution is -2.15. The number of H-pyrrole nitrogens is 1. The monoisotopic (exact) mass is 488 g/mol. The average molecular weight is 489 g/mol. The number of aromatic amines is 1. The Hall–Kier alpha value is -3.40. The minimum Gasteiger partial charge on any atom is -0.469 e. The number of esters is 1. The highest BCUT2D eigenvalue weighted by molar-refractivity contribution is 6.34. The molecule has 0 aliphatic heterocycles. The number of methoxy groups -OCH3 is 1. The van der Waals surface area contributed by atoms with E-state index in [9.17, 15) is 14.4 Å². The van der Waals surface area contributed by atoms with Crippen LogP contribution >= 0.6 is 11.6 Å². The summed E-state index contributed by atoms with van der Waals surface area (Å²) in [6.07, 6.45) is 1.02. The van der Waals surface area contributed by atoms with Crippen LogP contribution in [0.5, 0.6) is 0 Å². The lowest BCUT2D eigenvalue weighted by molar-refractivity contribution is -0.141. The van der Waals surface area contributed by atoms with Gasteiger partial charge in [-0.2, -0.15) is 4.63 Å². The average Bonchev–Trinajstić information content (AvgIpc) is 3.32. The molecular weight excluding hydrogens is 460 g/mol. The van der Waals surface area contributed by atoms with E-state index in [0.29, 0.717) is 46.3 Å². The number of fused-ring (bicyclic) bond motifs is 1. The molecule has 3 N–H and O–H groups in total. The summed E-state index contributed by atoms with van der Waals surface area (Å²) in [5.41, 5.74) is 2.53. The fraction of sp³-hybridized carbons (Fsp3) is 0.435. The summed E-state index contributed by atoms with van der Waals surface area (Å²) in [4.78, 5) is 40.4. The zero-order chi connectivity index (χ0) is 25.0. The van der Waals surface area contributed by atoms with E-state index in [1.807, 2.05) is 27.7 Å². The molecule has 0 fully saturated rings. The summed E-state index contributed by atoms with van der Waals surface area (Å²) < 4.78 is 6.07. The molecule has 10 nitrogen and oxygen atoms in total. The molecule has 2 aromatic heterocycles. The van der Waals surface area contributed by atoms with E-state index in [2.05, 4.69) is 30.6 Å². The normalized spacial score (nSPS) is 11.5. The van der Waals surface area contributed by atoms with Crippen molar-refractivity contribution < 1.29 is 19.1 Å². The summed E-state index contributed by atoms with van der Waals surface area (Å²) in [7, 11) is 1.27. The number of halogens is 1. The number of ether oxygens (including phenoxy) is 1. The highest BCUT2D eigenvalue weighted by atomic mass is 35.5. The highest BCUT2D eigenvalue weighted by Crippen LogP contribution is 2.34. The molecule has 2 amide bonds. The van der Waals surface area contributed by atoms with Gasteiger partial charge < -0.3 is 15.4 Å². The van der Waals surface area contributed by atoms with Crippen LogP contribution in [0.1, 0.15) is 59.1 Å². The summed E-state index contributed by atoms with van der Waals surface area (Å²) in [5.74, 6) is -0.627. The molecule has 0 unspecified atom stereocenters. The van der Waals surface area contributed by atoms with Crippen LogP contribution in [0.15, 0.2) is 18.2 Å². The second-order valence-electron chi connectivity index (χ2n) is 8.90. The Labute approximate surface area is 202 Å². The molecule has 2 heterocycles. The molecule has 3 aromatic rings. The SMILES string of the molecule is CCCC(=O)Nc1ccc(NC(=O)CCC(=O)OC)cc1-c1nc2c(Cl)c(C(C)(C)C)[nH]n2n1. The van der Waals surface area contributed by atoms with Gasteiger partial charge in [-0.25, -0.2) is 4.98 Å². The van der Waals surface area contributed by atoms with Crippen molar-refractivity contribution in [2.75, 3.05) is 17.7 Å². The van der Waals surface area contributed by atoms with E-state index in [4.69, 9.17) is 11.6 Å². The number of carbonyl (C=O) groups excluding carboxylic acids is 3. The number of hydrogen-bond donors (Lipinski definition) is 3. The van der Waals surface area contributed by atoms with Gasteiger partial charge in [-0.1, -0.05) is 39.3 Å². The number of anilines is 2. The highest BCUT2D eigenvalue weighted by Gasteiger charge is 2.25. The van der Waals surface area contributed by atoms with Gasteiger partial charge in [0.2, 0.25) is 11.8 Å². The van der Waals surface area contributed by atoms with Crippen molar-refractivity contribution >= 4 is 46.4 Å². The van der Waals surface area contributed by atoms with Gasteiger partial charge in [0.15, 0.2) is 11.5 Å². The molecule has 3 rings (SSSR count). The maximum atomic E-state index is 12.3. The number of carbonyl (C=O) groups is 3. The first kappa shape index (κ1) is 25.2. The summed E-state index contributed by atoms with van der Waals surface area (Å²) >= 11 is 6.56. The molecule has 34 heavy (non-hydrogen) atoms. The van der Waals surface area contributed by atoms with Crippen molar-refractivity contribution in [3.63, 3.8) is 0 Å². The molecule has 0 spiro atoms. The number of hydrogen-bond acceptors (Lipinski definition) is 6. The topological polar surface area (TPSA) is 130 Å². The minimum absolute atomic E-state index is 0.0199. The predicted molar refractivity (Wildman–Crippen MR) is 130 cm³/mol. The molecule has 0 aliphatic carbocycles. The largest absolute Gasteiger partial charge is 0.469 e. The van der Waals surface area contributed by atoms with Crippen LogP contribution in [0.3, 0.4) is 0 Å². The maximum absolute atomic E-state index is 12.3. The van der Waals surface area contributed by atoms with Crippen molar-refractivity contribution in [3.8, 4) is 11.4 Å². The summed E-state index contributed by atoms with van der Waals surface area (Å²) in [6.45, 7) is 8.00. The molecule has 182 valence electrons. The lowest BCUT2D eigenvalue weighted by Gasteiger charge is -2.16. The minimum atomic E-state index is -0.464. The van der Waals surface area contributed by atoms with Gasteiger partial charge >= 0.3 is 5.97 Å². The maximum Gasteiger partial charge on any atom is 0.306 e. The lowest BCUT2D eigenvalue weighted by atomic mass is 9.92. The van der Waals surface area contributed by atoms with E-state index in [-0.39, 0.29) is 30.1 Å². The van der Waals surface area contributed by atoms with E-state index in [0.717, 1.165) is 5.69 Å². The number of benzene rings is 1. The first-order valence-corrected chi connectivity index (χ1v) is 11.4. The number of nitrogens with one attached hydrogen (secondary N) is 3. The Bertz CT molecular complexity index is 1220. The fourth-order valence-corrected chi connectivity index (χ4v) is 3.75. The van der Waals surface area contributed by atoms with Crippen LogP contribution in [-0.2, 0) is 24.5 Å². The van der Waals surface area contributed by atoms with Crippen LogP contribution in [0, 0.1) is 0 Å². The van der Waals surface area contributed by atoms with Crippen molar-refractivity contribution in [2.24, 2.45) is 0 Å². The smallest absolute Gasteiger partial charge is 0.306 e. The van der Waals surface area contributed by atoms with Crippen molar-refractivity contribution in [1.29, 1.82) is 0 Å². The van der Waals surface area contributed by atoms with Gasteiger partial charge in [0.25, 0.3) is 0 Å². The van der Waals surface area contributed by atoms with Crippen LogP contribution < -0.4 is 10.6 Å².